The van der Waals surface area contributed by atoms with Crippen molar-refractivity contribution in [2.45, 2.75) is 20.0 Å². The summed E-state index contributed by atoms with van der Waals surface area (Å²) >= 11 is 0. The summed E-state index contributed by atoms with van der Waals surface area (Å²) in [6, 6.07) is 16.8. The van der Waals surface area contributed by atoms with E-state index in [-0.39, 0.29) is 0 Å². The van der Waals surface area contributed by atoms with Crippen LogP contribution in [0.4, 0.5) is 5.69 Å². The molecule has 1 aliphatic heterocycles. The maximum atomic E-state index is 5.68. The largest absolute Gasteiger partial charge is 0.494 e. The molecule has 1 aliphatic rings. The molecule has 0 atom stereocenters. The predicted molar refractivity (Wildman–Crippen MR) is 112 cm³/mol. The number of hydrogen-bond donors (Lipinski definition) is 2. The first-order valence-electron chi connectivity index (χ1n) is 9.44. The van der Waals surface area contributed by atoms with Crippen LogP contribution in [0.15, 0.2) is 65.7 Å². The Labute approximate surface area is 161 Å². The van der Waals surface area contributed by atoms with Gasteiger partial charge in [0.05, 0.1) is 6.61 Å². The molecule has 0 bridgehead atoms. The van der Waals surface area contributed by atoms with Crippen LogP contribution in [0.3, 0.4) is 0 Å². The van der Waals surface area contributed by atoms with Crippen molar-refractivity contribution in [2.75, 3.05) is 31.6 Å². The first kappa shape index (κ1) is 18.8. The minimum atomic E-state index is 0.660. The third-order valence-corrected chi connectivity index (χ3v) is 4.52. The fourth-order valence-corrected chi connectivity index (χ4v) is 3.05. The van der Waals surface area contributed by atoms with Gasteiger partial charge in [-0.05, 0) is 30.7 Å². The van der Waals surface area contributed by atoms with E-state index in [1.54, 1.807) is 7.05 Å². The summed E-state index contributed by atoms with van der Waals surface area (Å²) in [4.78, 5) is 6.65. The summed E-state index contributed by atoms with van der Waals surface area (Å²) in [7, 11) is 1.78. The fraction of sp³-hybridized carbons (Fsp3) is 0.318. The lowest BCUT2D eigenvalue weighted by atomic mass is 10.2. The van der Waals surface area contributed by atoms with Gasteiger partial charge in [-0.15, -0.1) is 0 Å². The van der Waals surface area contributed by atoms with E-state index in [1.165, 1.54) is 11.3 Å². The molecule has 0 unspecified atom stereocenters. The summed E-state index contributed by atoms with van der Waals surface area (Å²) in [6.07, 6.45) is 4.41. The van der Waals surface area contributed by atoms with Gasteiger partial charge in [-0.3, -0.25) is 4.99 Å². The van der Waals surface area contributed by atoms with Crippen molar-refractivity contribution in [3.05, 3.63) is 71.8 Å². The van der Waals surface area contributed by atoms with Crippen LogP contribution < -0.4 is 20.3 Å². The zero-order valence-corrected chi connectivity index (χ0v) is 16.1. The Bertz CT molecular complexity index is 775. The van der Waals surface area contributed by atoms with E-state index in [0.29, 0.717) is 13.2 Å². The molecule has 5 heteroatoms. The van der Waals surface area contributed by atoms with Crippen LogP contribution >= 0.6 is 0 Å². The first-order valence-corrected chi connectivity index (χ1v) is 9.44. The van der Waals surface area contributed by atoms with Gasteiger partial charge in [0.1, 0.15) is 5.75 Å². The topological polar surface area (TPSA) is 48.9 Å². The third-order valence-electron chi connectivity index (χ3n) is 4.52. The number of guanidine groups is 1. The maximum absolute atomic E-state index is 5.68. The molecule has 2 N–H and O–H groups in total. The smallest absolute Gasteiger partial charge is 0.191 e. The maximum Gasteiger partial charge on any atom is 0.191 e. The average Bonchev–Trinajstić information content (AvgIpc) is 3.25. The standard InChI is InChI=1S/C22H28N4O/c1-3-27-21-9-5-4-8-19(21)17-25-22(23-2)24-16-18-10-12-20(13-11-18)26-14-6-7-15-26/h4-13H,3,14-17H2,1-2H3,(H2,23,24,25). The molecule has 0 radical (unpaired) electrons. The van der Waals surface area contributed by atoms with Crippen LogP contribution in [-0.2, 0) is 13.1 Å². The molecular weight excluding hydrogens is 336 g/mol. The molecule has 0 fully saturated rings. The number of nitrogens with one attached hydrogen (secondary N) is 2. The van der Waals surface area contributed by atoms with Crippen LogP contribution in [0.25, 0.3) is 0 Å². The Balaban J connectivity index is 1.50. The van der Waals surface area contributed by atoms with Gasteiger partial charge in [0.15, 0.2) is 5.96 Å². The van der Waals surface area contributed by atoms with E-state index in [2.05, 4.69) is 63.0 Å². The Morgan fingerprint density at radius 2 is 1.70 bits per heavy atom. The Morgan fingerprint density at radius 1 is 1.00 bits per heavy atom. The van der Waals surface area contributed by atoms with E-state index in [0.717, 1.165) is 36.9 Å². The molecule has 0 aromatic heterocycles. The van der Waals surface area contributed by atoms with E-state index in [9.17, 15) is 0 Å². The summed E-state index contributed by atoms with van der Waals surface area (Å²) in [5.41, 5.74) is 3.60. The first-order chi connectivity index (χ1) is 13.3. The van der Waals surface area contributed by atoms with Crippen LogP contribution in [0, 0.1) is 0 Å². The summed E-state index contributed by atoms with van der Waals surface area (Å²) in [6.45, 7) is 6.04. The number of rotatable bonds is 7. The van der Waals surface area contributed by atoms with Gasteiger partial charge in [-0.25, -0.2) is 0 Å². The van der Waals surface area contributed by atoms with Crippen molar-refractivity contribution in [2.24, 2.45) is 4.99 Å². The number of hydrogen-bond acceptors (Lipinski definition) is 3. The highest BCUT2D eigenvalue weighted by atomic mass is 16.5. The van der Waals surface area contributed by atoms with E-state index in [4.69, 9.17) is 4.74 Å². The predicted octanol–water partition coefficient (Wildman–Crippen LogP) is 3.33. The van der Waals surface area contributed by atoms with Gasteiger partial charge in [0.25, 0.3) is 0 Å². The Hall–Kier alpha value is -2.95. The quantitative estimate of drug-likeness (QED) is 0.449. The molecule has 142 valence electrons. The van der Waals surface area contributed by atoms with E-state index in [1.807, 2.05) is 25.1 Å². The van der Waals surface area contributed by atoms with Crippen LogP contribution in [0.2, 0.25) is 0 Å². The average molecular weight is 364 g/mol. The van der Waals surface area contributed by atoms with Crippen molar-refractivity contribution in [1.82, 2.24) is 10.6 Å². The van der Waals surface area contributed by atoms with Gasteiger partial charge >= 0.3 is 0 Å². The minimum Gasteiger partial charge on any atom is -0.494 e. The molecule has 3 rings (SSSR count). The highest BCUT2D eigenvalue weighted by molar-refractivity contribution is 5.79. The van der Waals surface area contributed by atoms with E-state index >= 15 is 0 Å². The number of nitrogens with zero attached hydrogens (tertiary/aromatic N) is 2. The van der Waals surface area contributed by atoms with Crippen molar-refractivity contribution in [1.29, 1.82) is 0 Å². The van der Waals surface area contributed by atoms with Crippen molar-refractivity contribution in [3.8, 4) is 5.75 Å². The highest BCUT2D eigenvalue weighted by Gasteiger charge is 2.07. The molecule has 5 nitrogen and oxygen atoms in total. The van der Waals surface area contributed by atoms with Crippen LogP contribution in [0.1, 0.15) is 18.1 Å². The molecule has 1 heterocycles. The normalized spacial score (nSPS) is 13.7. The minimum absolute atomic E-state index is 0.660. The Kier molecular flexibility index (Phi) is 6.74. The fourth-order valence-electron chi connectivity index (χ4n) is 3.05. The molecule has 2 aromatic carbocycles. The van der Waals surface area contributed by atoms with Gasteiger partial charge < -0.3 is 20.3 Å². The van der Waals surface area contributed by atoms with Crippen molar-refractivity contribution in [3.63, 3.8) is 0 Å². The molecule has 0 spiro atoms. The number of ether oxygens (including phenoxy) is 1. The second-order valence-electron chi connectivity index (χ2n) is 6.36. The van der Waals surface area contributed by atoms with Gasteiger partial charge in [0.2, 0.25) is 0 Å². The van der Waals surface area contributed by atoms with Crippen molar-refractivity contribution < 1.29 is 4.74 Å². The zero-order valence-electron chi connectivity index (χ0n) is 16.1. The monoisotopic (exact) mass is 364 g/mol. The SMILES string of the molecule is CCOc1ccccc1CNC(=NC)NCc1ccc(N2CC=CC2)cc1. The number of aliphatic imine (C=N–C) groups is 1. The second-order valence-corrected chi connectivity index (χ2v) is 6.36. The molecule has 27 heavy (non-hydrogen) atoms. The molecule has 0 saturated carbocycles. The third kappa shape index (κ3) is 5.26. The van der Waals surface area contributed by atoms with Crippen LogP contribution in [0.5, 0.6) is 5.75 Å². The lowest BCUT2D eigenvalue weighted by Crippen LogP contribution is -2.36. The van der Waals surface area contributed by atoms with E-state index < -0.39 is 0 Å². The number of anilines is 1. The highest BCUT2D eigenvalue weighted by Crippen LogP contribution is 2.18. The second kappa shape index (κ2) is 9.67. The number of para-hydroxylation sites is 1. The summed E-state index contributed by atoms with van der Waals surface area (Å²) in [5.74, 6) is 1.68. The lowest BCUT2D eigenvalue weighted by Gasteiger charge is -2.18. The summed E-state index contributed by atoms with van der Waals surface area (Å²) in [5, 5.41) is 6.72. The van der Waals surface area contributed by atoms with Gasteiger partial charge in [-0.1, -0.05) is 42.5 Å². The lowest BCUT2D eigenvalue weighted by molar-refractivity contribution is 0.336. The van der Waals surface area contributed by atoms with Crippen molar-refractivity contribution >= 4 is 11.6 Å². The molecule has 2 aromatic rings. The van der Waals surface area contributed by atoms with Gasteiger partial charge in [0, 0.05) is 44.5 Å². The Morgan fingerprint density at radius 3 is 2.41 bits per heavy atom. The molecule has 0 aliphatic carbocycles. The summed E-state index contributed by atoms with van der Waals surface area (Å²) < 4.78 is 5.68. The zero-order chi connectivity index (χ0) is 18.9. The molecular formula is C22H28N4O. The molecule has 0 saturated heterocycles. The van der Waals surface area contributed by atoms with Gasteiger partial charge in [-0.2, -0.15) is 0 Å². The van der Waals surface area contributed by atoms with Crippen LogP contribution in [-0.4, -0.2) is 32.7 Å². The molecule has 0 amide bonds. The number of benzene rings is 2.